The van der Waals surface area contributed by atoms with Gasteiger partial charge in [-0.2, -0.15) is 0 Å². The fraction of sp³-hybridized carbons (Fsp3) is 0.292. The Kier molecular flexibility index (Phi) is 6.84. The van der Waals surface area contributed by atoms with E-state index in [-0.39, 0.29) is 5.91 Å². The lowest BCUT2D eigenvalue weighted by Crippen LogP contribution is -2.36. The first kappa shape index (κ1) is 21.3. The van der Waals surface area contributed by atoms with Crippen molar-refractivity contribution in [3.63, 3.8) is 0 Å². The number of hydrogen-bond acceptors (Lipinski definition) is 6. The molecule has 0 radical (unpaired) electrons. The van der Waals surface area contributed by atoms with Crippen molar-refractivity contribution in [3.8, 4) is 0 Å². The number of nitrogens with one attached hydrogen (secondary N) is 1. The van der Waals surface area contributed by atoms with E-state index in [9.17, 15) is 4.79 Å². The van der Waals surface area contributed by atoms with Gasteiger partial charge in [0.25, 0.3) is 0 Å². The van der Waals surface area contributed by atoms with Gasteiger partial charge in [-0.25, -0.2) is 9.97 Å². The minimum Gasteiger partial charge on any atom is -0.378 e. The van der Waals surface area contributed by atoms with E-state index in [0.29, 0.717) is 6.42 Å². The van der Waals surface area contributed by atoms with Crippen LogP contribution >= 0.6 is 11.8 Å². The van der Waals surface area contributed by atoms with Crippen LogP contribution in [0.2, 0.25) is 0 Å². The normalized spacial score (nSPS) is 13.8. The number of rotatable bonds is 6. The average molecular weight is 435 g/mol. The second-order valence-corrected chi connectivity index (χ2v) is 8.59. The van der Waals surface area contributed by atoms with Crippen LogP contribution in [-0.4, -0.2) is 42.2 Å². The molecule has 2 heterocycles. The minimum atomic E-state index is -0.0744. The molecule has 0 bridgehead atoms. The minimum absolute atomic E-state index is 0.0744. The van der Waals surface area contributed by atoms with Gasteiger partial charge in [-0.1, -0.05) is 23.9 Å². The summed E-state index contributed by atoms with van der Waals surface area (Å²) in [6.45, 7) is 6.98. The number of carbonyl (C=O) groups excluding carboxylic acids is 1. The average Bonchev–Trinajstić information content (AvgIpc) is 2.78. The van der Waals surface area contributed by atoms with Crippen LogP contribution in [0.3, 0.4) is 0 Å². The summed E-state index contributed by atoms with van der Waals surface area (Å²) in [4.78, 5) is 23.9. The number of aromatic nitrogens is 2. The summed E-state index contributed by atoms with van der Waals surface area (Å²) >= 11 is 1.61. The summed E-state index contributed by atoms with van der Waals surface area (Å²) in [5, 5.41) is 3.73. The highest BCUT2D eigenvalue weighted by molar-refractivity contribution is 7.99. The van der Waals surface area contributed by atoms with Gasteiger partial charge in [0.05, 0.1) is 13.2 Å². The van der Waals surface area contributed by atoms with E-state index < -0.39 is 0 Å². The quantitative estimate of drug-likeness (QED) is 0.583. The first-order chi connectivity index (χ1) is 15.1. The third-order valence-electron chi connectivity index (χ3n) is 5.04. The number of morpholine rings is 1. The molecule has 7 heteroatoms. The smallest absolute Gasteiger partial charge is 0.221 e. The molecular weight excluding hydrogens is 408 g/mol. The zero-order valence-corrected chi connectivity index (χ0v) is 18.6. The van der Waals surface area contributed by atoms with Gasteiger partial charge >= 0.3 is 0 Å². The summed E-state index contributed by atoms with van der Waals surface area (Å²) in [7, 11) is 0. The van der Waals surface area contributed by atoms with Gasteiger partial charge in [0.1, 0.15) is 10.9 Å². The number of amides is 1. The van der Waals surface area contributed by atoms with Crippen LogP contribution in [0.5, 0.6) is 0 Å². The topological polar surface area (TPSA) is 67.4 Å². The third kappa shape index (κ3) is 5.83. The van der Waals surface area contributed by atoms with Gasteiger partial charge in [-0.15, -0.1) is 0 Å². The van der Waals surface area contributed by atoms with E-state index in [2.05, 4.69) is 39.5 Å². The Morgan fingerprint density at radius 1 is 1.10 bits per heavy atom. The number of hydrogen-bond donors (Lipinski definition) is 1. The molecule has 1 aromatic heterocycles. The largest absolute Gasteiger partial charge is 0.378 e. The van der Waals surface area contributed by atoms with Crippen molar-refractivity contribution in [1.29, 1.82) is 0 Å². The SMILES string of the molecule is CC(=O)Nc1ccc(Sc2nc(Cc3ccc(N4CCOCC4)cc3)ncc2C)cc1. The van der Waals surface area contributed by atoms with Crippen LogP contribution < -0.4 is 10.2 Å². The first-order valence-corrected chi connectivity index (χ1v) is 11.2. The number of carbonyl (C=O) groups is 1. The van der Waals surface area contributed by atoms with E-state index in [1.807, 2.05) is 37.4 Å². The molecule has 31 heavy (non-hydrogen) atoms. The molecule has 0 spiro atoms. The summed E-state index contributed by atoms with van der Waals surface area (Å²) in [5.74, 6) is 0.733. The highest BCUT2D eigenvalue weighted by atomic mass is 32.2. The van der Waals surface area contributed by atoms with Crippen molar-refractivity contribution < 1.29 is 9.53 Å². The Labute approximate surface area is 187 Å². The Balaban J connectivity index is 1.43. The van der Waals surface area contributed by atoms with E-state index in [0.717, 1.165) is 53.3 Å². The Hall–Kier alpha value is -2.90. The fourth-order valence-corrected chi connectivity index (χ4v) is 4.26. The standard InChI is InChI=1S/C24H26N4O2S/c1-17-16-25-23(15-19-3-7-21(8-4-19)28-11-13-30-14-12-28)27-24(17)31-22-9-5-20(6-10-22)26-18(2)29/h3-10,16H,11-15H2,1-2H3,(H,26,29). The molecule has 1 amide bonds. The number of aryl methyl sites for hydroxylation is 1. The van der Waals surface area contributed by atoms with E-state index in [1.54, 1.807) is 11.8 Å². The molecule has 1 saturated heterocycles. The second kappa shape index (κ2) is 9.94. The number of anilines is 2. The van der Waals surface area contributed by atoms with Crippen molar-refractivity contribution in [2.45, 2.75) is 30.2 Å². The summed E-state index contributed by atoms with van der Waals surface area (Å²) in [6.07, 6.45) is 2.58. The Morgan fingerprint density at radius 3 is 2.48 bits per heavy atom. The summed E-state index contributed by atoms with van der Waals surface area (Å²) < 4.78 is 5.43. The molecular formula is C24H26N4O2S. The summed E-state index contributed by atoms with van der Waals surface area (Å²) in [5.41, 5.74) is 4.26. The maximum Gasteiger partial charge on any atom is 0.221 e. The molecule has 1 fully saturated rings. The zero-order chi connectivity index (χ0) is 21.6. The van der Waals surface area contributed by atoms with Gasteiger partial charge in [0.15, 0.2) is 0 Å². The van der Waals surface area contributed by atoms with Crippen molar-refractivity contribution in [2.75, 3.05) is 36.5 Å². The third-order valence-corrected chi connectivity index (χ3v) is 6.15. The van der Waals surface area contributed by atoms with Gasteiger partial charge in [-0.05, 0) is 54.4 Å². The lowest BCUT2D eigenvalue weighted by atomic mass is 10.1. The number of benzene rings is 2. The van der Waals surface area contributed by atoms with E-state index >= 15 is 0 Å². The second-order valence-electron chi connectivity index (χ2n) is 7.52. The molecule has 160 valence electrons. The zero-order valence-electron chi connectivity index (χ0n) is 17.8. The van der Waals surface area contributed by atoms with Gasteiger partial charge < -0.3 is 15.0 Å². The van der Waals surface area contributed by atoms with Crippen molar-refractivity contribution in [3.05, 3.63) is 71.7 Å². The number of nitrogens with zero attached hydrogens (tertiary/aromatic N) is 3. The molecule has 0 saturated carbocycles. The van der Waals surface area contributed by atoms with Crippen molar-refractivity contribution in [1.82, 2.24) is 9.97 Å². The molecule has 0 unspecified atom stereocenters. The van der Waals surface area contributed by atoms with Crippen LogP contribution in [0, 0.1) is 6.92 Å². The predicted molar refractivity (Wildman–Crippen MR) is 124 cm³/mol. The first-order valence-electron chi connectivity index (χ1n) is 10.4. The molecule has 3 aromatic rings. The van der Waals surface area contributed by atoms with Gasteiger partial charge in [-0.3, -0.25) is 4.79 Å². The van der Waals surface area contributed by atoms with Crippen LogP contribution in [0.4, 0.5) is 11.4 Å². The monoisotopic (exact) mass is 434 g/mol. The predicted octanol–water partition coefficient (Wildman–Crippen LogP) is 4.32. The molecule has 6 nitrogen and oxygen atoms in total. The lowest BCUT2D eigenvalue weighted by molar-refractivity contribution is -0.114. The highest BCUT2D eigenvalue weighted by Gasteiger charge is 2.12. The maximum absolute atomic E-state index is 11.2. The van der Waals surface area contributed by atoms with E-state index in [4.69, 9.17) is 9.72 Å². The molecule has 1 aliphatic rings. The summed E-state index contributed by atoms with van der Waals surface area (Å²) in [6, 6.07) is 16.4. The molecule has 2 aromatic carbocycles. The molecule has 0 aliphatic carbocycles. The molecule has 4 rings (SSSR count). The van der Waals surface area contributed by atoms with Crippen molar-refractivity contribution >= 4 is 29.0 Å². The lowest BCUT2D eigenvalue weighted by Gasteiger charge is -2.28. The van der Waals surface area contributed by atoms with Gasteiger partial charge in [0, 0.05) is 48.9 Å². The Bertz CT molecular complexity index is 1030. The van der Waals surface area contributed by atoms with Gasteiger partial charge in [0.2, 0.25) is 5.91 Å². The molecule has 1 N–H and O–H groups in total. The number of ether oxygens (including phenoxy) is 1. The fourth-order valence-electron chi connectivity index (χ4n) is 3.40. The van der Waals surface area contributed by atoms with Crippen molar-refractivity contribution in [2.24, 2.45) is 0 Å². The highest BCUT2D eigenvalue weighted by Crippen LogP contribution is 2.29. The van der Waals surface area contributed by atoms with Crippen LogP contribution in [0.25, 0.3) is 0 Å². The van der Waals surface area contributed by atoms with Crippen LogP contribution in [0.15, 0.2) is 64.6 Å². The maximum atomic E-state index is 11.2. The molecule has 0 atom stereocenters. The molecule has 1 aliphatic heterocycles. The Morgan fingerprint density at radius 2 is 1.81 bits per heavy atom. The van der Waals surface area contributed by atoms with Crippen LogP contribution in [0.1, 0.15) is 23.9 Å². The van der Waals surface area contributed by atoms with Crippen LogP contribution in [-0.2, 0) is 16.0 Å². The van der Waals surface area contributed by atoms with E-state index in [1.165, 1.54) is 18.2 Å².